The lowest BCUT2D eigenvalue weighted by Crippen LogP contribution is -2.02. The van der Waals surface area contributed by atoms with Crippen molar-refractivity contribution in [3.05, 3.63) is 77.9 Å². The van der Waals surface area contributed by atoms with Crippen LogP contribution in [0.15, 0.2) is 72.1 Å². The van der Waals surface area contributed by atoms with Gasteiger partial charge in [0.25, 0.3) is 0 Å². The second-order valence-corrected chi connectivity index (χ2v) is 9.14. The third-order valence-corrected chi connectivity index (χ3v) is 7.03. The van der Waals surface area contributed by atoms with Crippen LogP contribution in [0.4, 0.5) is 0 Å². The maximum atomic E-state index is 5.89. The number of nitrogens with zero attached hydrogens (tertiary/aromatic N) is 5. The molecule has 0 amide bonds. The Balaban J connectivity index is 1.37. The van der Waals surface area contributed by atoms with E-state index < -0.39 is 0 Å². The molecule has 0 N–H and O–H groups in total. The first kappa shape index (κ1) is 19.8. The van der Waals surface area contributed by atoms with Gasteiger partial charge in [0.05, 0.1) is 23.2 Å². The molecule has 0 aliphatic heterocycles. The summed E-state index contributed by atoms with van der Waals surface area (Å²) in [7, 11) is 1.64. The van der Waals surface area contributed by atoms with Gasteiger partial charge in [-0.2, -0.15) is 9.61 Å². The third-order valence-electron chi connectivity index (χ3n) is 5.20. The van der Waals surface area contributed by atoms with Gasteiger partial charge in [0.2, 0.25) is 4.96 Å². The molecule has 0 bridgehead atoms. The normalized spacial score (nSPS) is 11.3. The number of benzene rings is 2. The van der Waals surface area contributed by atoms with E-state index in [1.54, 1.807) is 23.0 Å². The highest BCUT2D eigenvalue weighted by Gasteiger charge is 2.17. The summed E-state index contributed by atoms with van der Waals surface area (Å²) in [5, 5.41) is 17.4. The van der Waals surface area contributed by atoms with Crippen molar-refractivity contribution in [2.45, 2.75) is 6.61 Å². The Labute approximate surface area is 196 Å². The molecular formula is C24H17N5O2S2. The van der Waals surface area contributed by atoms with Gasteiger partial charge in [-0.05, 0) is 47.8 Å². The summed E-state index contributed by atoms with van der Waals surface area (Å²) < 4.78 is 12.8. The van der Waals surface area contributed by atoms with E-state index in [0.29, 0.717) is 5.82 Å². The Morgan fingerprint density at radius 1 is 0.939 bits per heavy atom. The van der Waals surface area contributed by atoms with Crippen molar-refractivity contribution in [1.29, 1.82) is 0 Å². The highest BCUT2D eigenvalue weighted by atomic mass is 32.1. The second kappa shape index (κ2) is 8.27. The van der Waals surface area contributed by atoms with Crippen molar-refractivity contribution < 1.29 is 9.47 Å². The fourth-order valence-electron chi connectivity index (χ4n) is 3.58. The number of fused-ring (bicyclic) bond motifs is 2. The van der Waals surface area contributed by atoms with E-state index in [1.165, 1.54) is 11.3 Å². The predicted molar refractivity (Wildman–Crippen MR) is 130 cm³/mol. The van der Waals surface area contributed by atoms with Gasteiger partial charge in [-0.3, -0.25) is 0 Å². The van der Waals surface area contributed by atoms with Crippen LogP contribution >= 0.6 is 22.7 Å². The van der Waals surface area contributed by atoms with E-state index in [1.807, 2.05) is 48.5 Å². The zero-order valence-electron chi connectivity index (χ0n) is 17.5. The molecule has 0 saturated heterocycles. The largest absolute Gasteiger partial charge is 0.497 e. The van der Waals surface area contributed by atoms with Crippen molar-refractivity contribution in [1.82, 2.24) is 24.8 Å². The Morgan fingerprint density at radius 2 is 1.79 bits per heavy atom. The maximum absolute atomic E-state index is 5.89. The number of hydrogen-bond donors (Lipinski definition) is 0. The van der Waals surface area contributed by atoms with Crippen molar-refractivity contribution in [2.24, 2.45) is 0 Å². The van der Waals surface area contributed by atoms with E-state index >= 15 is 0 Å². The summed E-state index contributed by atoms with van der Waals surface area (Å²) in [6.07, 6.45) is 0. The average molecular weight is 472 g/mol. The van der Waals surface area contributed by atoms with Gasteiger partial charge in [-0.25, -0.2) is 4.98 Å². The Hall–Kier alpha value is -3.82. The standard InChI is InChI=1S/C24H17N5O2S2/c1-30-15-8-10-16(11-9-15)31-14-22-26-27-24-29(22)28-23(33-24)18-13-20(21-7-4-12-32-21)25-19-6-3-2-5-17(18)19/h2-13H,14H2,1H3. The van der Waals surface area contributed by atoms with Gasteiger partial charge < -0.3 is 9.47 Å². The minimum absolute atomic E-state index is 0.258. The Bertz CT molecular complexity index is 1560. The topological polar surface area (TPSA) is 74.4 Å². The van der Waals surface area contributed by atoms with Crippen molar-refractivity contribution in [3.8, 4) is 32.6 Å². The number of pyridine rings is 1. The minimum Gasteiger partial charge on any atom is -0.497 e. The third kappa shape index (κ3) is 3.71. The zero-order valence-corrected chi connectivity index (χ0v) is 19.1. The molecule has 0 atom stereocenters. The van der Waals surface area contributed by atoms with Gasteiger partial charge in [0.1, 0.15) is 23.1 Å². The smallest absolute Gasteiger partial charge is 0.235 e. The molecule has 0 aliphatic carbocycles. The molecule has 162 valence electrons. The molecule has 0 fully saturated rings. The van der Waals surface area contributed by atoms with Crippen LogP contribution in [-0.2, 0) is 6.61 Å². The second-order valence-electron chi connectivity index (χ2n) is 7.23. The summed E-state index contributed by atoms with van der Waals surface area (Å²) in [4.78, 5) is 6.70. The number of rotatable bonds is 6. The van der Waals surface area contributed by atoms with Gasteiger partial charge in [0, 0.05) is 10.9 Å². The number of para-hydroxylation sites is 1. The molecule has 2 aromatic carbocycles. The predicted octanol–water partition coefficient (Wildman–Crippen LogP) is 5.72. The molecule has 4 heterocycles. The lowest BCUT2D eigenvalue weighted by atomic mass is 10.1. The molecule has 0 unspecified atom stereocenters. The summed E-state index contributed by atoms with van der Waals surface area (Å²) >= 11 is 3.17. The van der Waals surface area contributed by atoms with Crippen LogP contribution in [0, 0.1) is 0 Å². The molecule has 0 aliphatic rings. The van der Waals surface area contributed by atoms with Gasteiger partial charge in [0.15, 0.2) is 5.82 Å². The monoisotopic (exact) mass is 471 g/mol. The first-order chi connectivity index (χ1) is 16.3. The van der Waals surface area contributed by atoms with Gasteiger partial charge in [-0.15, -0.1) is 21.5 Å². The van der Waals surface area contributed by atoms with Crippen LogP contribution in [0.3, 0.4) is 0 Å². The lowest BCUT2D eigenvalue weighted by molar-refractivity contribution is 0.292. The van der Waals surface area contributed by atoms with E-state index in [2.05, 4.69) is 33.8 Å². The Morgan fingerprint density at radius 3 is 2.61 bits per heavy atom. The zero-order chi connectivity index (χ0) is 22.2. The molecule has 4 aromatic heterocycles. The molecule has 6 rings (SSSR count). The summed E-state index contributed by atoms with van der Waals surface area (Å²) in [5.74, 6) is 2.15. The van der Waals surface area contributed by atoms with E-state index in [9.17, 15) is 0 Å². The molecule has 0 spiro atoms. The average Bonchev–Trinajstić information content (AvgIpc) is 3.61. The Kier molecular flexibility index (Phi) is 4.97. The molecule has 7 nitrogen and oxygen atoms in total. The fourth-order valence-corrected chi connectivity index (χ4v) is 5.15. The van der Waals surface area contributed by atoms with Crippen LogP contribution in [0.5, 0.6) is 11.5 Å². The number of aromatic nitrogens is 5. The molecular weight excluding hydrogens is 454 g/mol. The lowest BCUT2D eigenvalue weighted by Gasteiger charge is -2.07. The number of ether oxygens (including phenoxy) is 2. The van der Waals surface area contributed by atoms with Crippen molar-refractivity contribution >= 4 is 38.5 Å². The van der Waals surface area contributed by atoms with Gasteiger partial charge in [-0.1, -0.05) is 35.6 Å². The molecule has 33 heavy (non-hydrogen) atoms. The van der Waals surface area contributed by atoms with E-state index in [4.69, 9.17) is 19.6 Å². The van der Waals surface area contributed by atoms with Gasteiger partial charge >= 0.3 is 0 Å². The molecule has 0 radical (unpaired) electrons. The van der Waals surface area contributed by atoms with E-state index in [-0.39, 0.29) is 6.61 Å². The first-order valence-corrected chi connectivity index (χ1v) is 11.9. The van der Waals surface area contributed by atoms with Crippen molar-refractivity contribution in [3.63, 3.8) is 0 Å². The highest BCUT2D eigenvalue weighted by Crippen LogP contribution is 2.35. The first-order valence-electron chi connectivity index (χ1n) is 10.2. The fraction of sp³-hybridized carbons (Fsp3) is 0.0833. The minimum atomic E-state index is 0.258. The summed E-state index contributed by atoms with van der Waals surface area (Å²) in [5.41, 5.74) is 2.90. The summed E-state index contributed by atoms with van der Waals surface area (Å²) in [6, 6.07) is 21.8. The number of methoxy groups -OCH3 is 1. The van der Waals surface area contributed by atoms with Crippen LogP contribution in [-0.4, -0.2) is 31.9 Å². The molecule has 0 saturated carbocycles. The summed E-state index contributed by atoms with van der Waals surface area (Å²) in [6.45, 7) is 0.258. The van der Waals surface area contributed by atoms with Crippen LogP contribution < -0.4 is 9.47 Å². The SMILES string of the molecule is COc1ccc(OCc2nnc3sc(-c4cc(-c5cccs5)nc5ccccc45)nn23)cc1. The van der Waals surface area contributed by atoms with Crippen LogP contribution in [0.25, 0.3) is 37.0 Å². The quantitative estimate of drug-likeness (QED) is 0.309. The highest BCUT2D eigenvalue weighted by molar-refractivity contribution is 7.20. The number of hydrogen-bond acceptors (Lipinski definition) is 8. The maximum Gasteiger partial charge on any atom is 0.235 e. The van der Waals surface area contributed by atoms with Crippen molar-refractivity contribution in [2.75, 3.05) is 7.11 Å². The number of thiophene rings is 1. The molecule has 9 heteroatoms. The van der Waals surface area contributed by atoms with Crippen LogP contribution in [0.2, 0.25) is 0 Å². The molecule has 6 aromatic rings. The van der Waals surface area contributed by atoms with E-state index in [0.717, 1.165) is 48.5 Å². The van der Waals surface area contributed by atoms with Crippen LogP contribution in [0.1, 0.15) is 5.82 Å².